The van der Waals surface area contributed by atoms with Gasteiger partial charge in [0.25, 0.3) is 0 Å². The summed E-state index contributed by atoms with van der Waals surface area (Å²) in [6, 6.07) is 6.40. The molecule has 0 amide bonds. The van der Waals surface area contributed by atoms with Crippen LogP contribution in [0, 0.1) is 11.7 Å². The molecule has 2 aliphatic heterocycles. The van der Waals surface area contributed by atoms with Crippen LogP contribution in [0.2, 0.25) is 0 Å². The van der Waals surface area contributed by atoms with Crippen molar-refractivity contribution < 1.29 is 19.0 Å². The van der Waals surface area contributed by atoms with Crippen LogP contribution in [0.3, 0.4) is 0 Å². The molecule has 4 heteroatoms. The number of benzene rings is 1. The molecule has 21 heavy (non-hydrogen) atoms. The molecule has 3 nitrogen and oxygen atoms in total. The van der Waals surface area contributed by atoms with E-state index in [1.807, 2.05) is 0 Å². The van der Waals surface area contributed by atoms with Crippen molar-refractivity contribution >= 4 is 0 Å². The Morgan fingerprint density at radius 3 is 2.62 bits per heavy atom. The Morgan fingerprint density at radius 2 is 1.90 bits per heavy atom. The van der Waals surface area contributed by atoms with Gasteiger partial charge in [-0.05, 0) is 55.7 Å². The smallest absolute Gasteiger partial charge is 0.123 e. The normalized spacial score (nSPS) is 26.7. The van der Waals surface area contributed by atoms with Gasteiger partial charge in [0.05, 0.1) is 11.7 Å². The summed E-state index contributed by atoms with van der Waals surface area (Å²) in [4.78, 5) is 0. The summed E-state index contributed by atoms with van der Waals surface area (Å²) in [6.07, 6.45) is 3.83. The highest BCUT2D eigenvalue weighted by atomic mass is 19.1. The monoisotopic (exact) mass is 294 g/mol. The third kappa shape index (κ3) is 3.62. The third-order valence-corrected chi connectivity index (χ3v) is 4.84. The number of rotatable bonds is 3. The van der Waals surface area contributed by atoms with Crippen LogP contribution in [0.5, 0.6) is 0 Å². The lowest BCUT2D eigenvalue weighted by molar-refractivity contribution is -0.158. The first-order valence-corrected chi connectivity index (χ1v) is 7.81. The minimum absolute atomic E-state index is 0.0923. The zero-order valence-electron chi connectivity index (χ0n) is 12.3. The van der Waals surface area contributed by atoms with E-state index >= 15 is 0 Å². The topological polar surface area (TPSA) is 38.7 Å². The molecule has 1 N–H and O–H groups in total. The first kappa shape index (κ1) is 14.9. The molecule has 0 aromatic heterocycles. The second kappa shape index (κ2) is 6.42. The molecule has 3 rings (SSSR count). The van der Waals surface area contributed by atoms with Gasteiger partial charge in [-0.3, -0.25) is 0 Å². The maximum absolute atomic E-state index is 12.9. The van der Waals surface area contributed by atoms with Gasteiger partial charge in [0.1, 0.15) is 5.82 Å². The molecule has 0 saturated carbocycles. The highest BCUT2D eigenvalue weighted by Crippen LogP contribution is 2.38. The van der Waals surface area contributed by atoms with Crippen molar-refractivity contribution in [3.63, 3.8) is 0 Å². The SMILES string of the molecule is OC(Cc1ccc(F)cc1)C1CCOC2(CCOCC2)C1. The lowest BCUT2D eigenvalue weighted by Gasteiger charge is -2.44. The summed E-state index contributed by atoms with van der Waals surface area (Å²) in [5.74, 6) is 0.0161. The Balaban J connectivity index is 1.61. The summed E-state index contributed by atoms with van der Waals surface area (Å²) in [6.45, 7) is 2.21. The number of hydrogen-bond acceptors (Lipinski definition) is 3. The molecule has 1 spiro atoms. The number of halogens is 1. The number of ether oxygens (including phenoxy) is 2. The fourth-order valence-corrected chi connectivity index (χ4v) is 3.51. The van der Waals surface area contributed by atoms with Crippen LogP contribution < -0.4 is 0 Å². The van der Waals surface area contributed by atoms with Gasteiger partial charge in [0.15, 0.2) is 0 Å². The predicted octanol–water partition coefficient (Wildman–Crippen LogP) is 2.70. The van der Waals surface area contributed by atoms with Gasteiger partial charge in [-0.2, -0.15) is 0 Å². The molecular weight excluding hydrogens is 271 g/mol. The van der Waals surface area contributed by atoms with Gasteiger partial charge >= 0.3 is 0 Å². The van der Waals surface area contributed by atoms with E-state index in [2.05, 4.69) is 0 Å². The molecule has 0 bridgehead atoms. The van der Waals surface area contributed by atoms with Crippen LogP contribution in [-0.2, 0) is 15.9 Å². The summed E-state index contributed by atoms with van der Waals surface area (Å²) in [7, 11) is 0. The van der Waals surface area contributed by atoms with E-state index in [4.69, 9.17) is 9.47 Å². The molecule has 0 aliphatic carbocycles. The number of hydrogen-bond donors (Lipinski definition) is 1. The van der Waals surface area contributed by atoms with Crippen LogP contribution in [-0.4, -0.2) is 36.6 Å². The second-order valence-corrected chi connectivity index (χ2v) is 6.29. The summed E-state index contributed by atoms with van der Waals surface area (Å²) in [5, 5.41) is 10.5. The van der Waals surface area contributed by atoms with Crippen LogP contribution in [0.1, 0.15) is 31.2 Å². The van der Waals surface area contributed by atoms with E-state index < -0.39 is 0 Å². The molecular formula is C17H23FO3. The standard InChI is InChI=1S/C17H23FO3/c18-15-3-1-13(2-4-15)11-16(19)14-5-8-21-17(12-14)6-9-20-10-7-17/h1-4,14,16,19H,5-12H2. The quantitative estimate of drug-likeness (QED) is 0.931. The zero-order valence-corrected chi connectivity index (χ0v) is 12.3. The maximum atomic E-state index is 12.9. The van der Waals surface area contributed by atoms with Crippen molar-refractivity contribution in [1.82, 2.24) is 0 Å². The Hall–Kier alpha value is -0.970. The maximum Gasteiger partial charge on any atom is 0.123 e. The largest absolute Gasteiger partial charge is 0.392 e. The van der Waals surface area contributed by atoms with E-state index in [-0.39, 0.29) is 23.4 Å². The van der Waals surface area contributed by atoms with E-state index in [0.717, 1.165) is 44.5 Å². The zero-order chi connectivity index (χ0) is 14.7. The van der Waals surface area contributed by atoms with Gasteiger partial charge in [-0.15, -0.1) is 0 Å². The molecule has 2 unspecified atom stereocenters. The summed E-state index contributed by atoms with van der Waals surface area (Å²) >= 11 is 0. The predicted molar refractivity (Wildman–Crippen MR) is 77.6 cm³/mol. The van der Waals surface area contributed by atoms with Crippen molar-refractivity contribution in [1.29, 1.82) is 0 Å². The Kier molecular flexibility index (Phi) is 4.57. The number of aliphatic hydroxyl groups excluding tert-OH is 1. The van der Waals surface area contributed by atoms with Crippen molar-refractivity contribution in [3.05, 3.63) is 35.6 Å². The van der Waals surface area contributed by atoms with E-state index in [0.29, 0.717) is 13.0 Å². The van der Waals surface area contributed by atoms with Crippen LogP contribution in [0.25, 0.3) is 0 Å². The van der Waals surface area contributed by atoms with Gasteiger partial charge < -0.3 is 14.6 Å². The molecule has 116 valence electrons. The van der Waals surface area contributed by atoms with Crippen LogP contribution in [0.15, 0.2) is 24.3 Å². The minimum atomic E-state index is -0.390. The second-order valence-electron chi connectivity index (χ2n) is 6.29. The molecule has 0 radical (unpaired) electrons. The molecule has 2 atom stereocenters. The summed E-state index contributed by atoms with van der Waals surface area (Å²) in [5.41, 5.74) is 0.890. The average Bonchev–Trinajstić information content (AvgIpc) is 2.50. The number of aliphatic hydroxyl groups is 1. The third-order valence-electron chi connectivity index (χ3n) is 4.84. The van der Waals surface area contributed by atoms with Crippen molar-refractivity contribution in [2.45, 2.75) is 43.8 Å². The van der Waals surface area contributed by atoms with E-state index in [1.165, 1.54) is 12.1 Å². The first-order valence-electron chi connectivity index (χ1n) is 7.81. The molecule has 2 saturated heterocycles. The average molecular weight is 294 g/mol. The van der Waals surface area contributed by atoms with Crippen molar-refractivity contribution in [2.75, 3.05) is 19.8 Å². The molecule has 1 aromatic rings. The highest BCUT2D eigenvalue weighted by molar-refractivity contribution is 5.17. The fraction of sp³-hybridized carbons (Fsp3) is 0.647. The molecule has 2 heterocycles. The lowest BCUT2D eigenvalue weighted by atomic mass is 9.77. The molecule has 2 aliphatic rings. The van der Waals surface area contributed by atoms with Gasteiger partial charge in [-0.25, -0.2) is 4.39 Å². The Bertz CT molecular complexity index is 448. The van der Waals surface area contributed by atoms with Crippen LogP contribution >= 0.6 is 0 Å². The Labute approximate surface area is 125 Å². The van der Waals surface area contributed by atoms with Crippen molar-refractivity contribution in [3.8, 4) is 0 Å². The first-order chi connectivity index (χ1) is 10.2. The summed E-state index contributed by atoms with van der Waals surface area (Å²) < 4.78 is 24.4. The molecule has 1 aromatic carbocycles. The van der Waals surface area contributed by atoms with Gasteiger partial charge in [0, 0.05) is 19.8 Å². The van der Waals surface area contributed by atoms with Gasteiger partial charge in [-0.1, -0.05) is 12.1 Å². The lowest BCUT2D eigenvalue weighted by Crippen LogP contribution is -2.47. The highest BCUT2D eigenvalue weighted by Gasteiger charge is 2.40. The van der Waals surface area contributed by atoms with E-state index in [1.54, 1.807) is 12.1 Å². The Morgan fingerprint density at radius 1 is 1.19 bits per heavy atom. The fourth-order valence-electron chi connectivity index (χ4n) is 3.51. The van der Waals surface area contributed by atoms with E-state index in [9.17, 15) is 9.50 Å². The molecule has 2 fully saturated rings. The van der Waals surface area contributed by atoms with Crippen LogP contribution in [0.4, 0.5) is 4.39 Å². The van der Waals surface area contributed by atoms with Gasteiger partial charge in [0.2, 0.25) is 0 Å². The van der Waals surface area contributed by atoms with Crippen molar-refractivity contribution in [2.24, 2.45) is 5.92 Å². The minimum Gasteiger partial charge on any atom is -0.392 e.